The van der Waals surface area contributed by atoms with Crippen LogP contribution >= 0.6 is 23.2 Å². The summed E-state index contributed by atoms with van der Waals surface area (Å²) >= 11 is 12.1. The topological polar surface area (TPSA) is 62.2 Å². The molecule has 1 amide bonds. The molecular weight excluding hydrogens is 433 g/mol. The number of halogens is 4. The summed E-state index contributed by atoms with van der Waals surface area (Å²) in [5, 5.41) is 13.7. The average molecular weight is 457 g/mol. The van der Waals surface area contributed by atoms with Crippen molar-refractivity contribution in [2.45, 2.75) is 44.1 Å². The molecule has 2 N–H and O–H groups in total. The van der Waals surface area contributed by atoms with Crippen LogP contribution in [0.4, 0.5) is 8.78 Å². The number of rotatable bonds is 5. The molecule has 30 heavy (non-hydrogen) atoms. The van der Waals surface area contributed by atoms with Crippen LogP contribution < -0.4 is 5.32 Å². The first-order chi connectivity index (χ1) is 14.0. The van der Waals surface area contributed by atoms with E-state index in [4.69, 9.17) is 23.2 Å². The Morgan fingerprint density at radius 2 is 2.00 bits per heavy atom. The van der Waals surface area contributed by atoms with Crippen molar-refractivity contribution in [3.05, 3.63) is 63.9 Å². The van der Waals surface area contributed by atoms with Crippen molar-refractivity contribution >= 4 is 29.1 Å². The maximum absolute atomic E-state index is 15.0. The number of hydrogen-bond acceptors (Lipinski definition) is 3. The van der Waals surface area contributed by atoms with Crippen molar-refractivity contribution in [2.24, 2.45) is 11.8 Å². The highest BCUT2D eigenvalue weighted by molar-refractivity contribution is 6.43. The summed E-state index contributed by atoms with van der Waals surface area (Å²) in [6.07, 6.45) is 1.09. The molecule has 1 heterocycles. The van der Waals surface area contributed by atoms with E-state index in [1.807, 2.05) is 0 Å². The molecule has 1 aromatic heterocycles. The smallest absolute Gasteiger partial charge is 0.256 e. The second-order valence-corrected chi connectivity index (χ2v) is 9.12. The number of aliphatic hydroxyl groups is 1. The van der Waals surface area contributed by atoms with Crippen LogP contribution in [0.2, 0.25) is 10.0 Å². The zero-order valence-corrected chi connectivity index (χ0v) is 18.2. The molecule has 162 valence electrons. The number of amides is 1. The number of aromatic nitrogens is 1. The summed E-state index contributed by atoms with van der Waals surface area (Å²) in [6.45, 7) is 3.17. The van der Waals surface area contributed by atoms with Gasteiger partial charge in [0.2, 0.25) is 0 Å². The lowest BCUT2D eigenvalue weighted by atomic mass is 9.65. The van der Waals surface area contributed by atoms with Gasteiger partial charge in [-0.2, -0.15) is 0 Å². The molecule has 1 fully saturated rings. The summed E-state index contributed by atoms with van der Waals surface area (Å²) in [5.74, 6) is -5.63. The molecule has 0 radical (unpaired) electrons. The standard InChI is InChI=1S/C22H24Cl2F2N2O2/c1-21(2,30)16-11-22(25,26)15(18-8-3-4-9-27-18)10-13(16)12-28-20(29)14-6-5-7-17(23)19(14)24/h3-9,13,15-16,30H,10-12H2,1-2H3,(H,28,29). The van der Waals surface area contributed by atoms with E-state index in [2.05, 4.69) is 10.3 Å². The number of alkyl halides is 2. The largest absolute Gasteiger partial charge is 0.390 e. The van der Waals surface area contributed by atoms with Crippen molar-refractivity contribution in [3.63, 3.8) is 0 Å². The molecule has 0 bridgehead atoms. The molecule has 3 rings (SSSR count). The normalized spacial score (nSPS) is 23.8. The Hall–Kier alpha value is -1.76. The maximum atomic E-state index is 15.0. The molecule has 0 saturated heterocycles. The Bertz CT molecular complexity index is 904. The van der Waals surface area contributed by atoms with Gasteiger partial charge in [0, 0.05) is 24.9 Å². The van der Waals surface area contributed by atoms with Crippen molar-refractivity contribution in [3.8, 4) is 0 Å². The minimum Gasteiger partial charge on any atom is -0.390 e. The minimum atomic E-state index is -3.02. The quantitative estimate of drug-likeness (QED) is 0.638. The van der Waals surface area contributed by atoms with Crippen LogP contribution in [0.15, 0.2) is 42.6 Å². The first-order valence-electron chi connectivity index (χ1n) is 9.74. The molecule has 1 aliphatic rings. The van der Waals surface area contributed by atoms with Crippen LogP contribution in [0.3, 0.4) is 0 Å². The zero-order valence-electron chi connectivity index (χ0n) is 16.7. The third-order valence-corrected chi connectivity index (χ3v) is 6.60. The second-order valence-electron chi connectivity index (χ2n) is 8.34. The van der Waals surface area contributed by atoms with Crippen LogP contribution in [0, 0.1) is 11.8 Å². The van der Waals surface area contributed by atoms with Gasteiger partial charge in [-0.1, -0.05) is 35.3 Å². The Balaban J connectivity index is 1.82. The molecule has 1 aromatic carbocycles. The third-order valence-electron chi connectivity index (χ3n) is 5.78. The predicted octanol–water partition coefficient (Wildman–Crippen LogP) is 5.33. The number of nitrogens with zero attached hydrogens (tertiary/aromatic N) is 1. The number of benzene rings is 1. The molecular formula is C22H24Cl2F2N2O2. The minimum absolute atomic E-state index is 0.0855. The van der Waals surface area contributed by atoms with Gasteiger partial charge in [-0.3, -0.25) is 9.78 Å². The lowest BCUT2D eigenvalue weighted by Crippen LogP contribution is -2.50. The Kier molecular flexibility index (Phi) is 6.70. The van der Waals surface area contributed by atoms with Gasteiger partial charge < -0.3 is 10.4 Å². The first kappa shape index (κ1) is 22.9. The molecule has 3 atom stereocenters. The Morgan fingerprint density at radius 3 is 2.63 bits per heavy atom. The number of pyridine rings is 1. The van der Waals surface area contributed by atoms with Gasteiger partial charge in [0.15, 0.2) is 0 Å². The highest BCUT2D eigenvalue weighted by atomic mass is 35.5. The zero-order chi connectivity index (χ0) is 22.1. The van der Waals surface area contributed by atoms with Gasteiger partial charge >= 0.3 is 0 Å². The van der Waals surface area contributed by atoms with Crippen molar-refractivity contribution in [2.75, 3.05) is 6.54 Å². The van der Waals surface area contributed by atoms with E-state index in [1.165, 1.54) is 20.0 Å². The lowest BCUT2D eigenvalue weighted by Gasteiger charge is -2.45. The van der Waals surface area contributed by atoms with Crippen molar-refractivity contribution in [1.82, 2.24) is 10.3 Å². The van der Waals surface area contributed by atoms with E-state index in [-0.39, 0.29) is 34.5 Å². The van der Waals surface area contributed by atoms with Gasteiger partial charge in [-0.15, -0.1) is 0 Å². The Morgan fingerprint density at radius 1 is 1.27 bits per heavy atom. The van der Waals surface area contributed by atoms with Crippen LogP contribution in [0.25, 0.3) is 0 Å². The highest BCUT2D eigenvalue weighted by Crippen LogP contribution is 2.51. The van der Waals surface area contributed by atoms with E-state index in [9.17, 15) is 18.7 Å². The monoisotopic (exact) mass is 456 g/mol. The van der Waals surface area contributed by atoms with Crippen LogP contribution in [-0.2, 0) is 0 Å². The second kappa shape index (κ2) is 8.77. The molecule has 0 spiro atoms. The fourth-order valence-electron chi connectivity index (χ4n) is 4.21. The summed E-state index contributed by atoms with van der Waals surface area (Å²) in [6, 6.07) is 9.68. The molecule has 3 unspecified atom stereocenters. The summed E-state index contributed by atoms with van der Waals surface area (Å²) in [5.41, 5.74) is -0.806. The van der Waals surface area contributed by atoms with E-state index < -0.39 is 35.7 Å². The van der Waals surface area contributed by atoms with Gasteiger partial charge in [0.25, 0.3) is 11.8 Å². The highest BCUT2D eigenvalue weighted by Gasteiger charge is 2.53. The van der Waals surface area contributed by atoms with Gasteiger partial charge in [-0.05, 0) is 56.4 Å². The average Bonchev–Trinajstić information content (AvgIpc) is 2.68. The van der Waals surface area contributed by atoms with E-state index >= 15 is 0 Å². The lowest BCUT2D eigenvalue weighted by molar-refractivity contribution is -0.134. The SMILES string of the molecule is CC(C)(O)C1CC(F)(F)C(c2ccccn2)CC1CNC(=O)c1cccc(Cl)c1Cl. The number of hydrogen-bond donors (Lipinski definition) is 2. The van der Waals surface area contributed by atoms with E-state index in [1.54, 1.807) is 36.4 Å². The molecule has 2 aromatic rings. The van der Waals surface area contributed by atoms with E-state index in [0.717, 1.165) is 0 Å². The van der Waals surface area contributed by atoms with Gasteiger partial charge in [0.05, 0.1) is 27.1 Å². The van der Waals surface area contributed by atoms with Crippen LogP contribution in [-0.4, -0.2) is 34.1 Å². The van der Waals surface area contributed by atoms with Crippen molar-refractivity contribution in [1.29, 1.82) is 0 Å². The predicted molar refractivity (Wildman–Crippen MR) is 113 cm³/mol. The number of nitrogens with one attached hydrogen (secondary N) is 1. The molecule has 1 aliphatic carbocycles. The van der Waals surface area contributed by atoms with Gasteiger partial charge in [0.1, 0.15) is 0 Å². The third kappa shape index (κ3) is 4.93. The van der Waals surface area contributed by atoms with Crippen LogP contribution in [0.5, 0.6) is 0 Å². The fraction of sp³-hybridized carbons (Fsp3) is 0.455. The molecule has 4 nitrogen and oxygen atoms in total. The number of carbonyl (C=O) groups excluding carboxylic acids is 1. The summed E-state index contributed by atoms with van der Waals surface area (Å²) < 4.78 is 30.0. The van der Waals surface area contributed by atoms with Crippen molar-refractivity contribution < 1.29 is 18.7 Å². The van der Waals surface area contributed by atoms with E-state index in [0.29, 0.717) is 5.69 Å². The molecule has 8 heteroatoms. The molecule has 1 saturated carbocycles. The molecule has 0 aliphatic heterocycles. The van der Waals surface area contributed by atoms with Crippen LogP contribution in [0.1, 0.15) is 48.7 Å². The van der Waals surface area contributed by atoms with Gasteiger partial charge in [-0.25, -0.2) is 8.78 Å². The maximum Gasteiger partial charge on any atom is 0.256 e. The summed E-state index contributed by atoms with van der Waals surface area (Å²) in [4.78, 5) is 16.7. The number of carbonyl (C=O) groups is 1. The Labute approximate surface area is 184 Å². The summed E-state index contributed by atoms with van der Waals surface area (Å²) in [7, 11) is 0. The fourth-order valence-corrected chi connectivity index (χ4v) is 4.60. The first-order valence-corrected chi connectivity index (χ1v) is 10.5.